The molecule has 3 rings (SSSR count). The van der Waals surface area contributed by atoms with Crippen molar-refractivity contribution in [2.75, 3.05) is 30.4 Å². The number of hydrogen-bond acceptors (Lipinski definition) is 5. The molecule has 0 saturated carbocycles. The van der Waals surface area contributed by atoms with Crippen LogP contribution in [-0.2, 0) is 6.54 Å². The highest BCUT2D eigenvalue weighted by atomic mass is 15.3. The molecule has 20 heavy (non-hydrogen) atoms. The predicted molar refractivity (Wildman–Crippen MR) is 78.7 cm³/mol. The van der Waals surface area contributed by atoms with Gasteiger partial charge in [0, 0.05) is 45.3 Å². The molecule has 1 aliphatic rings. The third-order valence-electron chi connectivity index (χ3n) is 3.73. The summed E-state index contributed by atoms with van der Waals surface area (Å²) in [6.07, 6.45) is 9.99. The van der Waals surface area contributed by atoms with Gasteiger partial charge in [-0.3, -0.25) is 0 Å². The number of anilines is 2. The van der Waals surface area contributed by atoms with Crippen LogP contribution < -0.4 is 10.2 Å². The van der Waals surface area contributed by atoms with Gasteiger partial charge in [0.2, 0.25) is 5.95 Å². The van der Waals surface area contributed by atoms with Crippen molar-refractivity contribution in [2.24, 2.45) is 5.92 Å². The van der Waals surface area contributed by atoms with E-state index in [0.717, 1.165) is 31.4 Å². The molecule has 0 spiro atoms. The predicted octanol–water partition coefficient (Wildman–Crippen LogP) is 1.63. The molecule has 0 amide bonds. The van der Waals surface area contributed by atoms with Gasteiger partial charge >= 0.3 is 0 Å². The van der Waals surface area contributed by atoms with Crippen molar-refractivity contribution in [2.45, 2.75) is 19.4 Å². The highest BCUT2D eigenvalue weighted by molar-refractivity contribution is 5.40. The van der Waals surface area contributed by atoms with Crippen LogP contribution >= 0.6 is 0 Å². The Labute approximate surface area is 118 Å². The SMILES string of the molecule is CNc1ccnc(N2CCC[C@H](Cn3ccnc3)C2)n1. The van der Waals surface area contributed by atoms with Crippen LogP contribution in [-0.4, -0.2) is 39.7 Å². The van der Waals surface area contributed by atoms with Crippen molar-refractivity contribution in [3.63, 3.8) is 0 Å². The fourth-order valence-corrected chi connectivity index (χ4v) is 2.73. The lowest BCUT2D eigenvalue weighted by molar-refractivity contribution is 0.364. The van der Waals surface area contributed by atoms with Crippen molar-refractivity contribution in [3.05, 3.63) is 31.0 Å². The maximum absolute atomic E-state index is 4.53. The van der Waals surface area contributed by atoms with Gasteiger partial charge in [-0.2, -0.15) is 4.98 Å². The van der Waals surface area contributed by atoms with E-state index in [1.807, 2.05) is 38.0 Å². The maximum Gasteiger partial charge on any atom is 0.227 e. The number of nitrogens with one attached hydrogen (secondary N) is 1. The summed E-state index contributed by atoms with van der Waals surface area (Å²) in [6, 6.07) is 1.89. The number of hydrogen-bond donors (Lipinski definition) is 1. The third kappa shape index (κ3) is 2.89. The van der Waals surface area contributed by atoms with E-state index in [1.54, 1.807) is 0 Å². The van der Waals surface area contributed by atoms with Crippen LogP contribution in [0.25, 0.3) is 0 Å². The van der Waals surface area contributed by atoms with E-state index < -0.39 is 0 Å². The van der Waals surface area contributed by atoms with E-state index in [2.05, 4.69) is 29.7 Å². The zero-order chi connectivity index (χ0) is 13.8. The Morgan fingerprint density at radius 2 is 2.35 bits per heavy atom. The van der Waals surface area contributed by atoms with Crippen LogP contribution in [0.3, 0.4) is 0 Å². The van der Waals surface area contributed by atoms with Crippen LogP contribution in [0.4, 0.5) is 11.8 Å². The first-order valence-electron chi connectivity index (χ1n) is 7.06. The summed E-state index contributed by atoms with van der Waals surface area (Å²) in [5.41, 5.74) is 0. The Hall–Kier alpha value is -2.11. The zero-order valence-corrected chi connectivity index (χ0v) is 11.7. The number of piperidine rings is 1. The summed E-state index contributed by atoms with van der Waals surface area (Å²) < 4.78 is 2.15. The molecule has 1 atom stereocenters. The van der Waals surface area contributed by atoms with Crippen LogP contribution in [0.1, 0.15) is 12.8 Å². The van der Waals surface area contributed by atoms with Gasteiger partial charge in [0.05, 0.1) is 6.33 Å². The van der Waals surface area contributed by atoms with E-state index in [-0.39, 0.29) is 0 Å². The largest absolute Gasteiger partial charge is 0.373 e. The molecule has 1 aliphatic heterocycles. The molecular formula is C14H20N6. The summed E-state index contributed by atoms with van der Waals surface area (Å²) in [5, 5.41) is 3.06. The van der Waals surface area contributed by atoms with E-state index in [4.69, 9.17) is 0 Å². The number of aromatic nitrogens is 4. The van der Waals surface area contributed by atoms with Gasteiger partial charge in [0.1, 0.15) is 5.82 Å². The highest BCUT2D eigenvalue weighted by Crippen LogP contribution is 2.22. The smallest absolute Gasteiger partial charge is 0.227 e. The van der Waals surface area contributed by atoms with Gasteiger partial charge in [-0.25, -0.2) is 9.97 Å². The molecule has 1 fully saturated rings. The molecular weight excluding hydrogens is 252 g/mol. The van der Waals surface area contributed by atoms with Crippen molar-refractivity contribution in [1.29, 1.82) is 0 Å². The van der Waals surface area contributed by atoms with Crippen molar-refractivity contribution >= 4 is 11.8 Å². The Morgan fingerprint density at radius 1 is 1.40 bits per heavy atom. The van der Waals surface area contributed by atoms with E-state index in [9.17, 15) is 0 Å². The molecule has 3 heterocycles. The summed E-state index contributed by atoms with van der Waals surface area (Å²) in [7, 11) is 1.88. The second kappa shape index (κ2) is 5.90. The minimum Gasteiger partial charge on any atom is -0.373 e. The number of rotatable bonds is 4. The molecule has 6 nitrogen and oxygen atoms in total. The molecule has 6 heteroatoms. The highest BCUT2D eigenvalue weighted by Gasteiger charge is 2.22. The minimum atomic E-state index is 0.625. The van der Waals surface area contributed by atoms with Crippen molar-refractivity contribution in [1.82, 2.24) is 19.5 Å². The van der Waals surface area contributed by atoms with E-state index >= 15 is 0 Å². The molecule has 0 radical (unpaired) electrons. The molecule has 0 aromatic carbocycles. The summed E-state index contributed by atoms with van der Waals surface area (Å²) in [5.74, 6) is 2.32. The van der Waals surface area contributed by atoms with Crippen LogP contribution in [0.5, 0.6) is 0 Å². The lowest BCUT2D eigenvalue weighted by atomic mass is 9.98. The number of imidazole rings is 1. The minimum absolute atomic E-state index is 0.625. The van der Waals surface area contributed by atoms with Gasteiger partial charge in [-0.1, -0.05) is 0 Å². The second-order valence-electron chi connectivity index (χ2n) is 5.21. The molecule has 106 valence electrons. The first-order valence-corrected chi connectivity index (χ1v) is 7.06. The van der Waals surface area contributed by atoms with Crippen LogP contribution in [0.15, 0.2) is 31.0 Å². The van der Waals surface area contributed by atoms with Crippen LogP contribution in [0.2, 0.25) is 0 Å². The number of nitrogens with zero attached hydrogens (tertiary/aromatic N) is 5. The van der Waals surface area contributed by atoms with E-state index in [0.29, 0.717) is 5.92 Å². The standard InChI is InChI=1S/C14H20N6/c1-15-13-4-5-17-14(18-13)20-7-2-3-12(10-20)9-19-8-6-16-11-19/h4-6,8,11-12H,2-3,7,9-10H2,1H3,(H,15,17,18)/t12-/m1/s1. The molecule has 1 saturated heterocycles. The van der Waals surface area contributed by atoms with E-state index in [1.165, 1.54) is 12.8 Å². The van der Waals surface area contributed by atoms with Gasteiger partial charge in [0.15, 0.2) is 0 Å². The fraction of sp³-hybridized carbons (Fsp3) is 0.500. The molecule has 2 aromatic heterocycles. The average molecular weight is 272 g/mol. The summed E-state index contributed by atoms with van der Waals surface area (Å²) in [6.45, 7) is 3.06. The van der Waals surface area contributed by atoms with Gasteiger partial charge < -0.3 is 14.8 Å². The Morgan fingerprint density at radius 3 is 3.15 bits per heavy atom. The average Bonchev–Trinajstić information content (AvgIpc) is 3.00. The Balaban J connectivity index is 1.68. The fourth-order valence-electron chi connectivity index (χ4n) is 2.73. The second-order valence-corrected chi connectivity index (χ2v) is 5.21. The lowest BCUT2D eigenvalue weighted by Gasteiger charge is -2.33. The van der Waals surface area contributed by atoms with Gasteiger partial charge in [-0.15, -0.1) is 0 Å². The quantitative estimate of drug-likeness (QED) is 0.916. The molecule has 1 N–H and O–H groups in total. The molecule has 0 bridgehead atoms. The van der Waals surface area contributed by atoms with Crippen molar-refractivity contribution < 1.29 is 0 Å². The molecule has 0 unspecified atom stereocenters. The van der Waals surface area contributed by atoms with Crippen LogP contribution in [0, 0.1) is 5.92 Å². The monoisotopic (exact) mass is 272 g/mol. The topological polar surface area (TPSA) is 58.9 Å². The van der Waals surface area contributed by atoms with Crippen molar-refractivity contribution in [3.8, 4) is 0 Å². The summed E-state index contributed by atoms with van der Waals surface area (Å²) in [4.78, 5) is 15.3. The molecule has 0 aliphatic carbocycles. The summed E-state index contributed by atoms with van der Waals surface area (Å²) >= 11 is 0. The third-order valence-corrected chi connectivity index (χ3v) is 3.73. The molecule has 2 aromatic rings. The first kappa shape index (κ1) is 12.9. The Bertz CT molecular complexity index is 538. The van der Waals surface area contributed by atoms with Gasteiger partial charge in [-0.05, 0) is 24.8 Å². The zero-order valence-electron chi connectivity index (χ0n) is 11.7. The Kier molecular flexibility index (Phi) is 3.80. The normalized spacial score (nSPS) is 19.1. The lowest BCUT2D eigenvalue weighted by Crippen LogP contribution is -2.38. The maximum atomic E-state index is 4.53. The van der Waals surface area contributed by atoms with Gasteiger partial charge in [0.25, 0.3) is 0 Å². The first-order chi connectivity index (χ1) is 9.85.